The summed E-state index contributed by atoms with van der Waals surface area (Å²) >= 11 is 0. The van der Waals surface area contributed by atoms with Crippen LogP contribution in [0.15, 0.2) is 47.4 Å². The number of rotatable bonds is 4. The van der Waals surface area contributed by atoms with Gasteiger partial charge < -0.3 is 5.11 Å². The summed E-state index contributed by atoms with van der Waals surface area (Å²) in [5.41, 5.74) is 1.47. The number of aliphatic hydroxyl groups is 1. The van der Waals surface area contributed by atoms with Gasteiger partial charge in [0.1, 0.15) is 5.82 Å². The minimum Gasteiger partial charge on any atom is -0.392 e. The topological polar surface area (TPSA) is 57.6 Å². The molecule has 0 saturated carbocycles. The van der Waals surface area contributed by atoms with Crippen molar-refractivity contribution in [2.75, 3.05) is 11.4 Å². The van der Waals surface area contributed by atoms with Crippen LogP contribution in [0.5, 0.6) is 0 Å². The maximum Gasteiger partial charge on any atom is 0.264 e. The number of anilines is 1. The van der Waals surface area contributed by atoms with Crippen LogP contribution >= 0.6 is 0 Å². The highest BCUT2D eigenvalue weighted by Crippen LogP contribution is 2.25. The van der Waals surface area contributed by atoms with Crippen molar-refractivity contribution in [2.24, 2.45) is 0 Å². The van der Waals surface area contributed by atoms with Crippen LogP contribution in [0.4, 0.5) is 10.1 Å². The van der Waals surface area contributed by atoms with Crippen LogP contribution in [0.3, 0.4) is 0 Å². The maximum absolute atomic E-state index is 12.9. The number of sulfonamides is 1. The van der Waals surface area contributed by atoms with Crippen LogP contribution in [-0.4, -0.2) is 20.6 Å². The quantitative estimate of drug-likeness (QED) is 0.944. The van der Waals surface area contributed by atoms with Gasteiger partial charge in [-0.05, 0) is 48.4 Å². The van der Waals surface area contributed by atoms with Crippen molar-refractivity contribution in [1.29, 1.82) is 0 Å². The molecule has 0 saturated heterocycles. The highest BCUT2D eigenvalue weighted by atomic mass is 32.2. The lowest BCUT2D eigenvalue weighted by atomic mass is 10.2. The molecule has 0 atom stereocenters. The van der Waals surface area contributed by atoms with Gasteiger partial charge in [-0.25, -0.2) is 12.8 Å². The molecule has 2 aromatic carbocycles. The Hall–Kier alpha value is -1.92. The van der Waals surface area contributed by atoms with Gasteiger partial charge in [0.25, 0.3) is 10.0 Å². The van der Waals surface area contributed by atoms with Gasteiger partial charge in [-0.15, -0.1) is 0 Å². The molecular formula is C15H16FNO3S. The molecule has 0 fully saturated rings. The lowest BCUT2D eigenvalue weighted by Gasteiger charge is -2.21. The van der Waals surface area contributed by atoms with Crippen LogP contribution in [0.2, 0.25) is 0 Å². The van der Waals surface area contributed by atoms with Crippen molar-refractivity contribution < 1.29 is 17.9 Å². The number of hydrogen-bond donors (Lipinski definition) is 1. The average Bonchev–Trinajstić information content (AvgIpc) is 2.47. The molecule has 0 spiro atoms. The number of benzene rings is 2. The zero-order valence-electron chi connectivity index (χ0n) is 11.7. The highest BCUT2D eigenvalue weighted by Gasteiger charge is 2.23. The summed E-state index contributed by atoms with van der Waals surface area (Å²) in [6.45, 7) is 1.45. The molecular weight excluding hydrogens is 293 g/mol. The monoisotopic (exact) mass is 309 g/mol. The predicted molar refractivity (Wildman–Crippen MR) is 79.1 cm³/mol. The minimum atomic E-state index is -3.77. The van der Waals surface area contributed by atoms with E-state index in [4.69, 9.17) is 5.11 Å². The van der Waals surface area contributed by atoms with Gasteiger partial charge >= 0.3 is 0 Å². The predicted octanol–water partition coefficient (Wildman–Crippen LogP) is 2.45. The van der Waals surface area contributed by atoms with E-state index in [9.17, 15) is 12.8 Å². The van der Waals surface area contributed by atoms with E-state index in [1.807, 2.05) is 0 Å². The second-order valence-corrected chi connectivity index (χ2v) is 6.64. The van der Waals surface area contributed by atoms with Crippen LogP contribution < -0.4 is 4.31 Å². The molecule has 0 amide bonds. The number of aliphatic hydroxyl groups excluding tert-OH is 1. The van der Waals surface area contributed by atoms with E-state index < -0.39 is 15.8 Å². The highest BCUT2D eigenvalue weighted by molar-refractivity contribution is 7.92. The third-order valence-corrected chi connectivity index (χ3v) is 5.19. The molecule has 0 aliphatic carbocycles. The first-order valence-corrected chi connectivity index (χ1v) is 7.75. The summed E-state index contributed by atoms with van der Waals surface area (Å²) in [5, 5.41) is 9.15. The molecule has 6 heteroatoms. The van der Waals surface area contributed by atoms with Gasteiger partial charge in [0, 0.05) is 7.05 Å². The Morgan fingerprint density at radius 3 is 2.33 bits per heavy atom. The van der Waals surface area contributed by atoms with Gasteiger partial charge in [-0.3, -0.25) is 4.31 Å². The van der Waals surface area contributed by atoms with E-state index in [1.165, 1.54) is 37.4 Å². The van der Waals surface area contributed by atoms with E-state index in [-0.39, 0.29) is 11.5 Å². The molecule has 0 aliphatic heterocycles. The second-order valence-electron chi connectivity index (χ2n) is 4.71. The Kier molecular flexibility index (Phi) is 4.29. The molecule has 1 N–H and O–H groups in total. The fourth-order valence-electron chi connectivity index (χ4n) is 1.96. The Morgan fingerprint density at radius 1 is 1.14 bits per heavy atom. The molecule has 0 aromatic heterocycles. The summed E-state index contributed by atoms with van der Waals surface area (Å²) in [4.78, 5) is 0.126. The Bertz CT molecular complexity index is 742. The minimum absolute atomic E-state index is 0.126. The van der Waals surface area contributed by atoms with Gasteiger partial charge in [-0.2, -0.15) is 0 Å². The third kappa shape index (κ3) is 3.06. The SMILES string of the molecule is Cc1ccc(CO)cc1S(=O)(=O)N(C)c1ccc(F)cc1. The van der Waals surface area contributed by atoms with Crippen LogP contribution in [-0.2, 0) is 16.6 Å². The number of nitrogens with zero attached hydrogens (tertiary/aromatic N) is 1. The molecule has 0 bridgehead atoms. The largest absolute Gasteiger partial charge is 0.392 e. The lowest BCUT2D eigenvalue weighted by molar-refractivity contribution is 0.281. The smallest absolute Gasteiger partial charge is 0.264 e. The van der Waals surface area contributed by atoms with Crippen molar-refractivity contribution in [1.82, 2.24) is 0 Å². The van der Waals surface area contributed by atoms with Gasteiger partial charge in [0.05, 0.1) is 17.2 Å². The van der Waals surface area contributed by atoms with Gasteiger partial charge in [-0.1, -0.05) is 12.1 Å². The van der Waals surface area contributed by atoms with Crippen LogP contribution in [0, 0.1) is 12.7 Å². The van der Waals surface area contributed by atoms with Crippen molar-refractivity contribution in [2.45, 2.75) is 18.4 Å². The van der Waals surface area contributed by atoms with Crippen LogP contribution in [0.25, 0.3) is 0 Å². The summed E-state index contributed by atoms with van der Waals surface area (Å²) in [6.07, 6.45) is 0. The van der Waals surface area contributed by atoms with Crippen molar-refractivity contribution in [3.8, 4) is 0 Å². The fraction of sp³-hybridized carbons (Fsp3) is 0.200. The lowest BCUT2D eigenvalue weighted by Crippen LogP contribution is -2.27. The first-order chi connectivity index (χ1) is 9.86. The van der Waals surface area contributed by atoms with E-state index in [1.54, 1.807) is 19.1 Å². The Morgan fingerprint density at radius 2 is 1.76 bits per heavy atom. The molecule has 2 rings (SSSR count). The standard InChI is InChI=1S/C15H16FNO3S/c1-11-3-4-12(10-18)9-15(11)21(19,20)17(2)14-7-5-13(16)6-8-14/h3-9,18H,10H2,1-2H3. The average molecular weight is 309 g/mol. The summed E-state index contributed by atoms with van der Waals surface area (Å²) in [7, 11) is -2.36. The Balaban J connectivity index is 2.48. The Labute approximate surface area is 123 Å². The zero-order chi connectivity index (χ0) is 15.6. The molecule has 21 heavy (non-hydrogen) atoms. The summed E-state index contributed by atoms with van der Waals surface area (Å²) in [6, 6.07) is 9.99. The fourth-order valence-corrected chi connectivity index (χ4v) is 3.43. The molecule has 2 aromatic rings. The third-order valence-electron chi connectivity index (χ3n) is 3.26. The zero-order valence-corrected chi connectivity index (χ0v) is 12.6. The maximum atomic E-state index is 12.9. The van der Waals surface area contributed by atoms with Crippen molar-refractivity contribution >= 4 is 15.7 Å². The second kappa shape index (κ2) is 5.83. The molecule has 0 radical (unpaired) electrons. The first-order valence-electron chi connectivity index (χ1n) is 6.31. The van der Waals surface area contributed by atoms with E-state index >= 15 is 0 Å². The van der Waals surface area contributed by atoms with Crippen LogP contribution in [0.1, 0.15) is 11.1 Å². The number of hydrogen-bond acceptors (Lipinski definition) is 3. The number of halogens is 1. The first kappa shape index (κ1) is 15.5. The molecule has 0 unspecified atom stereocenters. The van der Waals surface area contributed by atoms with Crippen molar-refractivity contribution in [3.63, 3.8) is 0 Å². The van der Waals surface area contributed by atoms with E-state index in [0.717, 1.165) is 4.31 Å². The number of aryl methyl sites for hydroxylation is 1. The van der Waals surface area contributed by atoms with Gasteiger partial charge in [0.2, 0.25) is 0 Å². The summed E-state index contributed by atoms with van der Waals surface area (Å²) < 4.78 is 39.3. The van der Waals surface area contributed by atoms with E-state index in [0.29, 0.717) is 16.8 Å². The van der Waals surface area contributed by atoms with Crippen molar-refractivity contribution in [3.05, 3.63) is 59.4 Å². The van der Waals surface area contributed by atoms with E-state index in [2.05, 4.69) is 0 Å². The van der Waals surface area contributed by atoms with Gasteiger partial charge in [0.15, 0.2) is 0 Å². The molecule has 4 nitrogen and oxygen atoms in total. The summed E-state index contributed by atoms with van der Waals surface area (Å²) in [5.74, 6) is -0.428. The molecule has 0 heterocycles. The molecule has 0 aliphatic rings. The molecule has 112 valence electrons. The normalized spacial score (nSPS) is 11.4.